The molecule has 1 aliphatic rings. The van der Waals surface area contributed by atoms with Crippen LogP contribution in [0.2, 0.25) is 0 Å². The SMILES string of the molecule is O=C=C(c1ccccc1)c1ccccc1NC1CCCCC1. The van der Waals surface area contributed by atoms with Crippen LogP contribution < -0.4 is 5.32 Å². The van der Waals surface area contributed by atoms with Crippen LogP contribution >= 0.6 is 0 Å². The lowest BCUT2D eigenvalue weighted by Gasteiger charge is -2.25. The molecule has 0 heterocycles. The predicted octanol–water partition coefficient (Wildman–Crippen LogP) is 4.69. The van der Waals surface area contributed by atoms with Gasteiger partial charge in [0.25, 0.3) is 0 Å². The predicted molar refractivity (Wildman–Crippen MR) is 91.6 cm³/mol. The molecule has 1 aliphatic carbocycles. The van der Waals surface area contributed by atoms with E-state index in [4.69, 9.17) is 0 Å². The molecule has 112 valence electrons. The fourth-order valence-electron chi connectivity index (χ4n) is 3.17. The maximum absolute atomic E-state index is 11.6. The Kier molecular flexibility index (Phi) is 4.72. The standard InChI is InChI=1S/C20H21NO/c22-15-19(16-9-3-1-4-10-16)18-13-7-8-14-20(18)21-17-11-5-2-6-12-17/h1,3-4,7-10,13-14,17,21H,2,5-6,11-12H2. The maximum Gasteiger partial charge on any atom is 0.133 e. The van der Waals surface area contributed by atoms with Crippen molar-refractivity contribution in [1.29, 1.82) is 0 Å². The highest BCUT2D eigenvalue weighted by molar-refractivity contribution is 6.00. The third-order valence-electron chi connectivity index (χ3n) is 4.33. The fraction of sp³-hybridized carbons (Fsp3) is 0.300. The highest BCUT2D eigenvalue weighted by Crippen LogP contribution is 2.30. The number of benzene rings is 2. The topological polar surface area (TPSA) is 29.1 Å². The van der Waals surface area contributed by atoms with Gasteiger partial charge in [0.1, 0.15) is 5.94 Å². The van der Waals surface area contributed by atoms with Crippen molar-refractivity contribution < 1.29 is 4.79 Å². The highest BCUT2D eigenvalue weighted by atomic mass is 16.1. The number of nitrogens with one attached hydrogen (secondary N) is 1. The van der Waals surface area contributed by atoms with Crippen molar-refractivity contribution >= 4 is 17.2 Å². The van der Waals surface area contributed by atoms with Gasteiger partial charge in [-0.3, -0.25) is 0 Å². The van der Waals surface area contributed by atoms with Gasteiger partial charge in [0.05, 0.1) is 5.57 Å². The second kappa shape index (κ2) is 7.11. The number of hydrogen-bond donors (Lipinski definition) is 1. The van der Waals surface area contributed by atoms with E-state index in [1.807, 2.05) is 48.5 Å². The summed E-state index contributed by atoms with van der Waals surface area (Å²) in [5.41, 5.74) is 3.51. The van der Waals surface area contributed by atoms with E-state index in [2.05, 4.69) is 17.3 Å². The summed E-state index contributed by atoms with van der Waals surface area (Å²) in [6.07, 6.45) is 6.33. The minimum Gasteiger partial charge on any atom is -0.382 e. The largest absolute Gasteiger partial charge is 0.382 e. The van der Waals surface area contributed by atoms with Gasteiger partial charge in [-0.2, -0.15) is 0 Å². The molecule has 2 nitrogen and oxygen atoms in total. The van der Waals surface area contributed by atoms with E-state index in [9.17, 15) is 4.79 Å². The molecule has 22 heavy (non-hydrogen) atoms. The van der Waals surface area contributed by atoms with Crippen LogP contribution in [-0.4, -0.2) is 12.0 Å². The van der Waals surface area contributed by atoms with Gasteiger partial charge in [-0.15, -0.1) is 0 Å². The molecule has 1 N–H and O–H groups in total. The van der Waals surface area contributed by atoms with E-state index in [1.54, 1.807) is 0 Å². The zero-order chi connectivity index (χ0) is 15.2. The van der Waals surface area contributed by atoms with Crippen LogP contribution in [0.4, 0.5) is 5.69 Å². The summed E-state index contributed by atoms with van der Waals surface area (Å²) in [7, 11) is 0. The molecule has 0 amide bonds. The quantitative estimate of drug-likeness (QED) is 0.828. The van der Waals surface area contributed by atoms with E-state index in [0.29, 0.717) is 11.6 Å². The van der Waals surface area contributed by atoms with Crippen LogP contribution in [0.3, 0.4) is 0 Å². The van der Waals surface area contributed by atoms with Crippen molar-refractivity contribution in [2.45, 2.75) is 38.1 Å². The minimum atomic E-state index is 0.513. The fourth-order valence-corrected chi connectivity index (χ4v) is 3.17. The van der Waals surface area contributed by atoms with Crippen LogP contribution in [0, 0.1) is 0 Å². The summed E-state index contributed by atoms with van der Waals surface area (Å²) >= 11 is 0. The Morgan fingerprint density at radius 2 is 1.59 bits per heavy atom. The number of rotatable bonds is 4. The van der Waals surface area contributed by atoms with Gasteiger partial charge in [-0.1, -0.05) is 67.8 Å². The normalized spacial score (nSPS) is 15.1. The average molecular weight is 291 g/mol. The molecule has 0 unspecified atom stereocenters. The first-order valence-electron chi connectivity index (χ1n) is 8.05. The number of para-hydroxylation sites is 1. The van der Waals surface area contributed by atoms with Crippen LogP contribution in [-0.2, 0) is 4.79 Å². The van der Waals surface area contributed by atoms with Crippen molar-refractivity contribution in [3.05, 3.63) is 65.7 Å². The van der Waals surface area contributed by atoms with Gasteiger partial charge in [0.2, 0.25) is 0 Å². The van der Waals surface area contributed by atoms with Gasteiger partial charge >= 0.3 is 0 Å². The number of anilines is 1. The second-order valence-corrected chi connectivity index (χ2v) is 5.87. The molecule has 0 saturated heterocycles. The van der Waals surface area contributed by atoms with Crippen molar-refractivity contribution in [3.63, 3.8) is 0 Å². The Labute approximate surface area is 131 Å². The Bertz CT molecular complexity index is 665. The van der Waals surface area contributed by atoms with Crippen LogP contribution in [0.5, 0.6) is 0 Å². The third-order valence-corrected chi connectivity index (χ3v) is 4.33. The summed E-state index contributed by atoms with van der Waals surface area (Å²) in [5, 5.41) is 3.63. The maximum atomic E-state index is 11.6. The molecule has 2 heteroatoms. The zero-order valence-electron chi connectivity index (χ0n) is 12.7. The van der Waals surface area contributed by atoms with Crippen molar-refractivity contribution in [2.24, 2.45) is 0 Å². The van der Waals surface area contributed by atoms with E-state index >= 15 is 0 Å². The molecule has 3 rings (SSSR count). The van der Waals surface area contributed by atoms with Gasteiger partial charge in [0, 0.05) is 17.3 Å². The van der Waals surface area contributed by atoms with Crippen molar-refractivity contribution in [1.82, 2.24) is 0 Å². The Hall–Kier alpha value is -2.31. The van der Waals surface area contributed by atoms with E-state index in [1.165, 1.54) is 32.1 Å². The molecule has 0 spiro atoms. The monoisotopic (exact) mass is 291 g/mol. The van der Waals surface area contributed by atoms with Crippen LogP contribution in [0.1, 0.15) is 43.2 Å². The van der Waals surface area contributed by atoms with Crippen LogP contribution in [0.25, 0.3) is 5.57 Å². The first-order chi connectivity index (χ1) is 10.9. The Morgan fingerprint density at radius 3 is 2.32 bits per heavy atom. The smallest absolute Gasteiger partial charge is 0.133 e. The van der Waals surface area contributed by atoms with E-state index in [-0.39, 0.29) is 0 Å². The summed E-state index contributed by atoms with van der Waals surface area (Å²) < 4.78 is 0. The Morgan fingerprint density at radius 1 is 0.909 bits per heavy atom. The molecule has 0 aromatic heterocycles. The molecule has 0 atom stereocenters. The van der Waals surface area contributed by atoms with Gasteiger partial charge in [0.15, 0.2) is 0 Å². The first-order valence-corrected chi connectivity index (χ1v) is 8.05. The minimum absolute atomic E-state index is 0.513. The van der Waals surface area contributed by atoms with Gasteiger partial charge < -0.3 is 5.32 Å². The van der Waals surface area contributed by atoms with E-state index < -0.39 is 0 Å². The summed E-state index contributed by atoms with van der Waals surface area (Å²) in [5.74, 6) is 2.14. The lowest BCUT2D eigenvalue weighted by Crippen LogP contribution is -2.22. The van der Waals surface area contributed by atoms with Gasteiger partial charge in [-0.25, -0.2) is 4.79 Å². The Balaban J connectivity index is 1.91. The molecule has 2 aromatic rings. The summed E-state index contributed by atoms with van der Waals surface area (Å²) in [4.78, 5) is 11.6. The molecule has 1 fully saturated rings. The lowest BCUT2D eigenvalue weighted by molar-refractivity contribution is 0.462. The molecule has 0 aliphatic heterocycles. The average Bonchev–Trinajstić information content (AvgIpc) is 2.59. The molecular weight excluding hydrogens is 270 g/mol. The van der Waals surface area contributed by atoms with Crippen molar-refractivity contribution in [2.75, 3.05) is 5.32 Å². The zero-order valence-corrected chi connectivity index (χ0v) is 12.7. The van der Waals surface area contributed by atoms with E-state index in [0.717, 1.165) is 16.8 Å². The molecule has 2 aromatic carbocycles. The highest BCUT2D eigenvalue weighted by Gasteiger charge is 2.16. The second-order valence-electron chi connectivity index (χ2n) is 5.87. The third kappa shape index (κ3) is 3.29. The first kappa shape index (κ1) is 14.6. The molecular formula is C20H21NO. The van der Waals surface area contributed by atoms with Gasteiger partial charge in [-0.05, 0) is 24.5 Å². The number of carbonyl (C=O) groups excluding carboxylic acids is 1. The molecule has 1 saturated carbocycles. The van der Waals surface area contributed by atoms with Crippen LogP contribution in [0.15, 0.2) is 54.6 Å². The summed E-state index contributed by atoms with van der Waals surface area (Å²) in [6, 6.07) is 18.3. The number of hydrogen-bond acceptors (Lipinski definition) is 2. The van der Waals surface area contributed by atoms with Crippen molar-refractivity contribution in [3.8, 4) is 0 Å². The lowest BCUT2D eigenvalue weighted by atomic mass is 9.93. The molecule has 0 bridgehead atoms. The molecule has 0 radical (unpaired) electrons. The summed E-state index contributed by atoms with van der Waals surface area (Å²) in [6.45, 7) is 0.